The maximum absolute atomic E-state index is 12.0. The lowest BCUT2D eigenvalue weighted by molar-refractivity contribution is -0.124. The summed E-state index contributed by atoms with van der Waals surface area (Å²) in [6.07, 6.45) is 3.33. The summed E-state index contributed by atoms with van der Waals surface area (Å²) in [6, 6.07) is 9.38. The van der Waals surface area contributed by atoms with E-state index in [-0.39, 0.29) is 17.7 Å². The summed E-state index contributed by atoms with van der Waals surface area (Å²) in [5, 5.41) is 2.71. The van der Waals surface area contributed by atoms with Crippen molar-refractivity contribution in [1.82, 2.24) is 10.2 Å². The Labute approximate surface area is 120 Å². The minimum absolute atomic E-state index is 0.00757. The molecule has 0 aliphatic carbocycles. The summed E-state index contributed by atoms with van der Waals surface area (Å²) in [7, 11) is 1.68. The van der Waals surface area contributed by atoms with Crippen molar-refractivity contribution in [3.63, 3.8) is 0 Å². The van der Waals surface area contributed by atoms with Crippen molar-refractivity contribution in [2.24, 2.45) is 0 Å². The second-order valence-corrected chi connectivity index (χ2v) is 5.20. The molecule has 1 aromatic carbocycles. The molecule has 0 radical (unpaired) electrons. The number of likely N-dealkylation sites (tertiary alicyclic amines) is 1. The van der Waals surface area contributed by atoms with Crippen LogP contribution < -0.4 is 5.32 Å². The lowest BCUT2D eigenvalue weighted by atomic mass is 10.1. The van der Waals surface area contributed by atoms with Crippen LogP contribution in [0.4, 0.5) is 0 Å². The first-order valence-electron chi connectivity index (χ1n) is 7.26. The number of hydrogen-bond acceptors (Lipinski definition) is 3. The lowest BCUT2D eigenvalue weighted by Crippen LogP contribution is -2.42. The normalized spacial score (nSPS) is 18.9. The van der Waals surface area contributed by atoms with E-state index >= 15 is 0 Å². The Hall–Kier alpha value is -1.68. The van der Waals surface area contributed by atoms with Gasteiger partial charge in [0.15, 0.2) is 5.78 Å². The molecule has 4 heteroatoms. The van der Waals surface area contributed by atoms with E-state index < -0.39 is 0 Å². The fourth-order valence-electron chi connectivity index (χ4n) is 2.77. The Balaban J connectivity index is 1.78. The molecule has 1 unspecified atom stereocenters. The van der Waals surface area contributed by atoms with Crippen LogP contribution in [0.2, 0.25) is 0 Å². The number of ketones is 1. The van der Waals surface area contributed by atoms with Gasteiger partial charge in [-0.25, -0.2) is 0 Å². The molecule has 0 aromatic heterocycles. The molecule has 1 aliphatic rings. The molecule has 0 bridgehead atoms. The molecule has 0 spiro atoms. The number of nitrogens with zero attached hydrogens (tertiary/aromatic N) is 1. The van der Waals surface area contributed by atoms with Gasteiger partial charge in [-0.3, -0.25) is 14.5 Å². The summed E-state index contributed by atoms with van der Waals surface area (Å²) in [5.41, 5.74) is 0.775. The second-order valence-electron chi connectivity index (χ2n) is 5.20. The molecule has 1 fully saturated rings. The first kappa shape index (κ1) is 14.7. The highest BCUT2D eigenvalue weighted by atomic mass is 16.2. The maximum Gasteiger partial charge on any atom is 0.237 e. The smallest absolute Gasteiger partial charge is 0.237 e. The number of carbonyl (C=O) groups excluding carboxylic acids is 2. The Bertz CT molecular complexity index is 459. The molecule has 1 amide bonds. The van der Waals surface area contributed by atoms with Crippen molar-refractivity contribution in [3.05, 3.63) is 35.9 Å². The van der Waals surface area contributed by atoms with Crippen molar-refractivity contribution in [3.8, 4) is 0 Å². The second kappa shape index (κ2) is 7.20. The van der Waals surface area contributed by atoms with Gasteiger partial charge in [-0.15, -0.1) is 0 Å². The van der Waals surface area contributed by atoms with Gasteiger partial charge in [0.1, 0.15) is 0 Å². The van der Waals surface area contributed by atoms with Crippen LogP contribution >= 0.6 is 0 Å². The van der Waals surface area contributed by atoms with E-state index in [2.05, 4.69) is 10.2 Å². The number of benzene rings is 1. The van der Waals surface area contributed by atoms with Crippen molar-refractivity contribution >= 4 is 11.7 Å². The monoisotopic (exact) mass is 274 g/mol. The standard InChI is InChI=1S/C16H22N2O2/c1-17-16(20)14-9-5-11-18(14)12-6-10-15(19)13-7-3-2-4-8-13/h2-4,7-8,14H,5-6,9-12H2,1H3,(H,17,20). The highest BCUT2D eigenvalue weighted by Gasteiger charge is 2.29. The molecule has 1 aromatic rings. The Morgan fingerprint density at radius 2 is 2.05 bits per heavy atom. The Morgan fingerprint density at radius 1 is 1.30 bits per heavy atom. The Morgan fingerprint density at radius 3 is 2.75 bits per heavy atom. The fourth-order valence-corrected chi connectivity index (χ4v) is 2.77. The molecule has 1 heterocycles. The number of rotatable bonds is 6. The van der Waals surface area contributed by atoms with Gasteiger partial charge in [-0.2, -0.15) is 0 Å². The Kier molecular flexibility index (Phi) is 5.30. The van der Waals surface area contributed by atoms with Crippen LogP contribution in [0.3, 0.4) is 0 Å². The average Bonchev–Trinajstić information content (AvgIpc) is 2.95. The molecular formula is C16H22N2O2. The molecule has 20 heavy (non-hydrogen) atoms. The summed E-state index contributed by atoms with van der Waals surface area (Å²) in [5.74, 6) is 0.276. The van der Waals surface area contributed by atoms with E-state index in [1.54, 1.807) is 7.05 Å². The van der Waals surface area contributed by atoms with Gasteiger partial charge in [-0.05, 0) is 32.4 Å². The first-order chi connectivity index (χ1) is 9.72. The summed E-state index contributed by atoms with van der Waals surface area (Å²) in [4.78, 5) is 25.9. The molecule has 0 saturated carbocycles. The molecule has 108 valence electrons. The average molecular weight is 274 g/mol. The third-order valence-corrected chi connectivity index (χ3v) is 3.86. The summed E-state index contributed by atoms with van der Waals surface area (Å²) in [6.45, 7) is 1.77. The summed E-state index contributed by atoms with van der Waals surface area (Å²) < 4.78 is 0. The van der Waals surface area contributed by atoms with Gasteiger partial charge in [0.25, 0.3) is 0 Å². The van der Waals surface area contributed by atoms with Gasteiger partial charge in [0.05, 0.1) is 6.04 Å². The SMILES string of the molecule is CNC(=O)C1CCCN1CCCC(=O)c1ccccc1. The molecule has 1 atom stereocenters. The first-order valence-corrected chi connectivity index (χ1v) is 7.26. The number of likely N-dealkylation sites (N-methyl/N-ethyl adjacent to an activating group) is 1. The third kappa shape index (κ3) is 3.67. The van der Waals surface area contributed by atoms with E-state index in [1.165, 1.54) is 0 Å². The zero-order valence-corrected chi connectivity index (χ0v) is 12.0. The molecule has 1 saturated heterocycles. The minimum atomic E-state index is -0.00757. The molecule has 1 N–H and O–H groups in total. The quantitative estimate of drug-likeness (QED) is 0.806. The van der Waals surface area contributed by atoms with Crippen LogP contribution in [0.5, 0.6) is 0 Å². The van der Waals surface area contributed by atoms with Gasteiger partial charge < -0.3 is 5.32 Å². The molecule has 4 nitrogen and oxygen atoms in total. The van der Waals surface area contributed by atoms with E-state index in [1.807, 2.05) is 30.3 Å². The number of hydrogen-bond donors (Lipinski definition) is 1. The third-order valence-electron chi connectivity index (χ3n) is 3.86. The lowest BCUT2D eigenvalue weighted by Gasteiger charge is -2.22. The molecule has 1 aliphatic heterocycles. The van der Waals surface area contributed by atoms with Crippen LogP contribution in [0.15, 0.2) is 30.3 Å². The maximum atomic E-state index is 12.0. The fraction of sp³-hybridized carbons (Fsp3) is 0.500. The van der Waals surface area contributed by atoms with Crippen molar-refractivity contribution < 1.29 is 9.59 Å². The van der Waals surface area contributed by atoms with Crippen LogP contribution in [0.1, 0.15) is 36.0 Å². The predicted molar refractivity (Wildman–Crippen MR) is 78.7 cm³/mol. The number of Topliss-reactive ketones (excluding diaryl/α,β-unsaturated/α-hetero) is 1. The van der Waals surface area contributed by atoms with E-state index in [4.69, 9.17) is 0 Å². The number of amides is 1. The van der Waals surface area contributed by atoms with Crippen LogP contribution in [0, 0.1) is 0 Å². The molecular weight excluding hydrogens is 252 g/mol. The van der Waals surface area contributed by atoms with Crippen molar-refractivity contribution in [1.29, 1.82) is 0 Å². The zero-order valence-electron chi connectivity index (χ0n) is 12.0. The van der Waals surface area contributed by atoms with Crippen LogP contribution in [0.25, 0.3) is 0 Å². The van der Waals surface area contributed by atoms with Crippen LogP contribution in [-0.2, 0) is 4.79 Å². The number of carbonyl (C=O) groups is 2. The summed E-state index contributed by atoms with van der Waals surface area (Å²) >= 11 is 0. The van der Waals surface area contributed by atoms with Gasteiger partial charge >= 0.3 is 0 Å². The minimum Gasteiger partial charge on any atom is -0.358 e. The zero-order chi connectivity index (χ0) is 14.4. The predicted octanol–water partition coefficient (Wildman–Crippen LogP) is 1.86. The largest absolute Gasteiger partial charge is 0.358 e. The highest BCUT2D eigenvalue weighted by molar-refractivity contribution is 5.95. The topological polar surface area (TPSA) is 49.4 Å². The van der Waals surface area contributed by atoms with E-state index in [9.17, 15) is 9.59 Å². The van der Waals surface area contributed by atoms with E-state index in [0.717, 1.165) is 37.9 Å². The highest BCUT2D eigenvalue weighted by Crippen LogP contribution is 2.18. The van der Waals surface area contributed by atoms with Crippen LogP contribution in [-0.4, -0.2) is 42.8 Å². The number of nitrogens with one attached hydrogen (secondary N) is 1. The van der Waals surface area contributed by atoms with Gasteiger partial charge in [0.2, 0.25) is 5.91 Å². The van der Waals surface area contributed by atoms with E-state index in [0.29, 0.717) is 6.42 Å². The van der Waals surface area contributed by atoms with Crippen molar-refractivity contribution in [2.75, 3.05) is 20.1 Å². The molecule has 2 rings (SSSR count). The van der Waals surface area contributed by atoms with Gasteiger partial charge in [-0.1, -0.05) is 30.3 Å². The van der Waals surface area contributed by atoms with Gasteiger partial charge in [0, 0.05) is 19.0 Å². The van der Waals surface area contributed by atoms with Crippen molar-refractivity contribution in [2.45, 2.75) is 31.7 Å².